The number of aromatic nitrogens is 1. The minimum absolute atomic E-state index is 0.0546. The van der Waals surface area contributed by atoms with Crippen LogP contribution in [0.3, 0.4) is 0 Å². The van der Waals surface area contributed by atoms with Crippen molar-refractivity contribution < 1.29 is 9.59 Å². The van der Waals surface area contributed by atoms with Crippen LogP contribution in [0.4, 0.5) is 11.5 Å². The van der Waals surface area contributed by atoms with Crippen LogP contribution in [0.25, 0.3) is 0 Å². The second-order valence-corrected chi connectivity index (χ2v) is 8.04. The van der Waals surface area contributed by atoms with Crippen LogP contribution in [0.5, 0.6) is 0 Å². The number of amides is 2. The topological polar surface area (TPSA) is 86.4 Å². The standard InChI is InChI=1S/C23H31N5O2/c1-15(2)20(27-22(29)16(3)24-4)23(30)28-19(13-17-9-8-12-25-21(17)28)14-26-18-10-6-5-7-11-18/h5-12,15-16,19-20,24,26H,13-14H2,1-4H3,(H,27,29)/t16-,19-,20-/m0/s1. The van der Waals surface area contributed by atoms with Gasteiger partial charge in [-0.1, -0.05) is 38.1 Å². The molecule has 0 unspecified atom stereocenters. The van der Waals surface area contributed by atoms with Gasteiger partial charge in [0.05, 0.1) is 12.1 Å². The lowest BCUT2D eigenvalue weighted by molar-refractivity contribution is -0.129. The second-order valence-electron chi connectivity index (χ2n) is 8.04. The van der Waals surface area contributed by atoms with Crippen molar-refractivity contribution in [2.75, 3.05) is 23.8 Å². The number of nitrogens with zero attached hydrogens (tertiary/aromatic N) is 2. The molecule has 0 spiro atoms. The maximum atomic E-state index is 13.6. The van der Waals surface area contributed by atoms with Crippen LogP contribution >= 0.6 is 0 Å². The Kier molecular flexibility index (Phi) is 7.05. The molecule has 160 valence electrons. The first-order chi connectivity index (χ1) is 14.4. The quantitative estimate of drug-likeness (QED) is 0.622. The Morgan fingerprint density at radius 2 is 1.87 bits per heavy atom. The van der Waals surface area contributed by atoms with Crippen molar-refractivity contribution in [1.29, 1.82) is 0 Å². The molecular formula is C23H31N5O2. The number of pyridine rings is 1. The number of carbonyl (C=O) groups excluding carboxylic acids is 2. The Labute approximate surface area is 178 Å². The van der Waals surface area contributed by atoms with Gasteiger partial charge >= 0.3 is 0 Å². The van der Waals surface area contributed by atoms with Crippen LogP contribution in [-0.2, 0) is 16.0 Å². The van der Waals surface area contributed by atoms with Gasteiger partial charge in [0.25, 0.3) is 5.91 Å². The van der Waals surface area contributed by atoms with E-state index in [1.165, 1.54) is 0 Å². The number of hydrogen-bond donors (Lipinski definition) is 3. The normalized spacial score (nSPS) is 17.4. The number of anilines is 2. The lowest BCUT2D eigenvalue weighted by Gasteiger charge is -2.31. The van der Waals surface area contributed by atoms with Crippen LogP contribution in [-0.4, -0.2) is 48.5 Å². The predicted octanol–water partition coefficient (Wildman–Crippen LogP) is 2.20. The number of likely N-dealkylation sites (N-methyl/N-ethyl adjacent to an activating group) is 1. The molecule has 1 aliphatic rings. The summed E-state index contributed by atoms with van der Waals surface area (Å²) in [5, 5.41) is 9.27. The fourth-order valence-electron chi connectivity index (χ4n) is 3.64. The van der Waals surface area contributed by atoms with Crippen molar-refractivity contribution in [3.63, 3.8) is 0 Å². The number of nitrogens with one attached hydrogen (secondary N) is 3. The van der Waals surface area contributed by atoms with Crippen LogP contribution in [0.15, 0.2) is 48.7 Å². The van der Waals surface area contributed by atoms with E-state index in [1.807, 2.05) is 56.3 Å². The monoisotopic (exact) mass is 409 g/mol. The molecule has 0 aliphatic carbocycles. The summed E-state index contributed by atoms with van der Waals surface area (Å²) in [5.41, 5.74) is 2.05. The zero-order valence-electron chi connectivity index (χ0n) is 18.1. The molecule has 0 fully saturated rings. The Bertz CT molecular complexity index is 871. The van der Waals surface area contributed by atoms with E-state index in [0.29, 0.717) is 12.4 Å². The maximum Gasteiger partial charge on any atom is 0.251 e. The lowest BCUT2D eigenvalue weighted by Crippen LogP contribution is -2.57. The summed E-state index contributed by atoms with van der Waals surface area (Å²) in [6.07, 6.45) is 2.43. The van der Waals surface area contributed by atoms with Gasteiger partial charge in [0.1, 0.15) is 11.9 Å². The Hall–Kier alpha value is -2.93. The van der Waals surface area contributed by atoms with Gasteiger partial charge in [-0.3, -0.25) is 14.5 Å². The number of fused-ring (bicyclic) bond motifs is 1. The van der Waals surface area contributed by atoms with E-state index in [9.17, 15) is 9.59 Å². The first kappa shape index (κ1) is 21.8. The minimum Gasteiger partial charge on any atom is -0.383 e. The molecule has 2 heterocycles. The van der Waals surface area contributed by atoms with E-state index in [1.54, 1.807) is 25.1 Å². The average molecular weight is 410 g/mol. The van der Waals surface area contributed by atoms with E-state index in [2.05, 4.69) is 20.9 Å². The SMILES string of the molecule is CN[C@@H](C)C(=O)N[C@H](C(=O)N1c2ncccc2C[C@H]1CNc1ccccc1)C(C)C. The van der Waals surface area contributed by atoms with Gasteiger partial charge < -0.3 is 16.0 Å². The maximum absolute atomic E-state index is 13.6. The van der Waals surface area contributed by atoms with Crippen molar-refractivity contribution >= 4 is 23.3 Å². The predicted molar refractivity (Wildman–Crippen MR) is 119 cm³/mol. The number of carbonyl (C=O) groups is 2. The molecule has 1 aromatic heterocycles. The van der Waals surface area contributed by atoms with Crippen molar-refractivity contribution in [2.45, 2.75) is 45.3 Å². The van der Waals surface area contributed by atoms with Gasteiger partial charge in [-0.25, -0.2) is 4.98 Å². The molecule has 2 aromatic rings. The number of benzene rings is 1. The molecule has 1 aromatic carbocycles. The van der Waals surface area contributed by atoms with E-state index in [4.69, 9.17) is 0 Å². The third kappa shape index (κ3) is 4.79. The third-order valence-corrected chi connectivity index (χ3v) is 5.53. The Balaban J connectivity index is 1.83. The van der Waals surface area contributed by atoms with Gasteiger partial charge in [0.15, 0.2) is 0 Å². The molecule has 1 aliphatic heterocycles. The Morgan fingerprint density at radius 3 is 2.53 bits per heavy atom. The summed E-state index contributed by atoms with van der Waals surface area (Å²) in [6.45, 7) is 6.26. The number of rotatable bonds is 8. The van der Waals surface area contributed by atoms with E-state index in [-0.39, 0.29) is 29.8 Å². The molecule has 2 amide bonds. The zero-order chi connectivity index (χ0) is 21.7. The first-order valence-corrected chi connectivity index (χ1v) is 10.5. The summed E-state index contributed by atoms with van der Waals surface area (Å²) in [5.74, 6) is 0.313. The Morgan fingerprint density at radius 1 is 1.13 bits per heavy atom. The van der Waals surface area contributed by atoms with Gasteiger partial charge in [-0.15, -0.1) is 0 Å². The molecule has 30 heavy (non-hydrogen) atoms. The molecule has 3 atom stereocenters. The van der Waals surface area contributed by atoms with E-state index in [0.717, 1.165) is 17.7 Å². The van der Waals surface area contributed by atoms with Crippen LogP contribution in [0.2, 0.25) is 0 Å². The van der Waals surface area contributed by atoms with Gasteiger partial charge in [0.2, 0.25) is 5.91 Å². The van der Waals surface area contributed by atoms with Gasteiger partial charge in [-0.2, -0.15) is 0 Å². The summed E-state index contributed by atoms with van der Waals surface area (Å²) in [7, 11) is 1.72. The smallest absolute Gasteiger partial charge is 0.251 e. The van der Waals surface area contributed by atoms with Gasteiger partial charge in [-0.05, 0) is 50.1 Å². The summed E-state index contributed by atoms with van der Waals surface area (Å²) in [4.78, 5) is 32.4. The molecule has 3 rings (SSSR count). The summed E-state index contributed by atoms with van der Waals surface area (Å²) in [6, 6.07) is 12.8. The van der Waals surface area contributed by atoms with Crippen molar-refractivity contribution in [2.24, 2.45) is 5.92 Å². The highest BCUT2D eigenvalue weighted by atomic mass is 16.2. The molecule has 0 radical (unpaired) electrons. The first-order valence-electron chi connectivity index (χ1n) is 10.5. The molecule has 0 saturated carbocycles. The van der Waals surface area contributed by atoms with Crippen molar-refractivity contribution in [3.05, 3.63) is 54.2 Å². The molecule has 3 N–H and O–H groups in total. The summed E-state index contributed by atoms with van der Waals surface area (Å²) < 4.78 is 0. The average Bonchev–Trinajstić information content (AvgIpc) is 3.13. The molecule has 0 bridgehead atoms. The van der Waals surface area contributed by atoms with Gasteiger partial charge in [0, 0.05) is 18.4 Å². The largest absolute Gasteiger partial charge is 0.383 e. The fourth-order valence-corrected chi connectivity index (χ4v) is 3.64. The van der Waals surface area contributed by atoms with E-state index < -0.39 is 6.04 Å². The van der Waals surface area contributed by atoms with Crippen molar-refractivity contribution in [3.8, 4) is 0 Å². The number of hydrogen-bond acceptors (Lipinski definition) is 5. The summed E-state index contributed by atoms with van der Waals surface area (Å²) >= 11 is 0. The lowest BCUT2D eigenvalue weighted by atomic mass is 10.0. The molecule has 7 nitrogen and oxygen atoms in total. The molecule has 0 saturated heterocycles. The third-order valence-electron chi connectivity index (χ3n) is 5.53. The fraction of sp³-hybridized carbons (Fsp3) is 0.435. The highest BCUT2D eigenvalue weighted by Crippen LogP contribution is 2.31. The zero-order valence-corrected chi connectivity index (χ0v) is 18.1. The number of para-hydroxylation sites is 1. The second kappa shape index (κ2) is 9.71. The highest BCUT2D eigenvalue weighted by molar-refractivity contribution is 6.01. The van der Waals surface area contributed by atoms with Crippen molar-refractivity contribution in [1.82, 2.24) is 15.6 Å². The molecule has 7 heteroatoms. The van der Waals surface area contributed by atoms with E-state index >= 15 is 0 Å². The minimum atomic E-state index is -0.625. The van der Waals surface area contributed by atoms with Crippen LogP contribution in [0, 0.1) is 5.92 Å². The van der Waals surface area contributed by atoms with Crippen LogP contribution in [0.1, 0.15) is 26.3 Å². The van der Waals surface area contributed by atoms with Crippen LogP contribution < -0.4 is 20.9 Å². The molecular weight excluding hydrogens is 378 g/mol. The highest BCUT2D eigenvalue weighted by Gasteiger charge is 2.39.